The molecule has 0 unspecified atom stereocenters. The number of ether oxygens (including phenoxy) is 1. The van der Waals surface area contributed by atoms with Crippen molar-refractivity contribution in [3.8, 4) is 5.75 Å². The van der Waals surface area contributed by atoms with Gasteiger partial charge in [0.15, 0.2) is 0 Å². The Morgan fingerprint density at radius 3 is 2.21 bits per heavy atom. The van der Waals surface area contributed by atoms with Crippen LogP contribution in [0.2, 0.25) is 0 Å². The predicted molar refractivity (Wildman–Crippen MR) is 78.0 cm³/mol. The third kappa shape index (κ3) is 5.44. The van der Waals surface area contributed by atoms with E-state index in [1.165, 1.54) is 12.1 Å². The Morgan fingerprint density at radius 1 is 1.26 bits per heavy atom. The molecular formula is C13H21ClN2O3. The summed E-state index contributed by atoms with van der Waals surface area (Å²) < 4.78 is 5.54. The van der Waals surface area contributed by atoms with Crippen LogP contribution in [0.5, 0.6) is 5.75 Å². The van der Waals surface area contributed by atoms with Gasteiger partial charge in [0, 0.05) is 17.7 Å². The molecule has 108 valence electrons. The fraction of sp³-hybridized carbons (Fsp3) is 0.538. The number of nitrogens with zero attached hydrogens (tertiary/aromatic N) is 1. The van der Waals surface area contributed by atoms with Crippen LogP contribution in [0, 0.1) is 10.1 Å². The highest BCUT2D eigenvalue weighted by Crippen LogP contribution is 2.20. The summed E-state index contributed by atoms with van der Waals surface area (Å²) >= 11 is 0. The number of non-ortho nitro benzene ring substituents is 1. The average Bonchev–Trinajstić information content (AvgIpc) is 2.39. The summed E-state index contributed by atoms with van der Waals surface area (Å²) in [7, 11) is 0. The molecule has 2 N–H and O–H groups in total. The quantitative estimate of drug-likeness (QED) is 0.617. The van der Waals surface area contributed by atoms with E-state index in [0.29, 0.717) is 12.4 Å². The molecular weight excluding hydrogens is 268 g/mol. The summed E-state index contributed by atoms with van der Waals surface area (Å²) in [4.78, 5) is 10.1. The van der Waals surface area contributed by atoms with Crippen molar-refractivity contribution >= 4 is 18.1 Å². The second kappa shape index (κ2) is 7.96. The molecule has 0 aliphatic rings. The number of hydrogen-bond acceptors (Lipinski definition) is 4. The molecule has 0 saturated carbocycles. The van der Waals surface area contributed by atoms with E-state index in [1.807, 2.05) is 0 Å². The molecule has 0 amide bonds. The van der Waals surface area contributed by atoms with E-state index in [0.717, 1.165) is 19.3 Å². The zero-order valence-electron chi connectivity index (χ0n) is 11.3. The normalized spacial score (nSPS) is 10.7. The molecule has 0 heterocycles. The molecule has 1 aromatic carbocycles. The maximum absolute atomic E-state index is 10.5. The zero-order valence-corrected chi connectivity index (χ0v) is 12.1. The van der Waals surface area contributed by atoms with Gasteiger partial charge in [-0.15, -0.1) is 12.4 Å². The van der Waals surface area contributed by atoms with Crippen LogP contribution in [-0.4, -0.2) is 17.1 Å². The molecule has 0 saturated heterocycles. The highest BCUT2D eigenvalue weighted by molar-refractivity contribution is 5.85. The van der Waals surface area contributed by atoms with Crippen molar-refractivity contribution in [1.82, 2.24) is 0 Å². The number of nitro benzene ring substituents is 1. The number of nitro groups is 1. The van der Waals surface area contributed by atoms with Gasteiger partial charge in [0.1, 0.15) is 5.75 Å². The first-order chi connectivity index (χ1) is 8.50. The molecule has 0 bridgehead atoms. The third-order valence-corrected chi connectivity index (χ3v) is 3.32. The predicted octanol–water partition coefficient (Wildman–Crippen LogP) is 3.30. The van der Waals surface area contributed by atoms with Crippen molar-refractivity contribution in [2.45, 2.75) is 38.6 Å². The molecule has 0 aliphatic heterocycles. The first kappa shape index (κ1) is 17.7. The minimum Gasteiger partial charge on any atom is -0.494 e. The van der Waals surface area contributed by atoms with E-state index in [9.17, 15) is 10.1 Å². The van der Waals surface area contributed by atoms with Gasteiger partial charge < -0.3 is 10.5 Å². The second-order valence-electron chi connectivity index (χ2n) is 4.42. The van der Waals surface area contributed by atoms with Crippen molar-refractivity contribution in [1.29, 1.82) is 0 Å². The lowest BCUT2D eigenvalue weighted by Crippen LogP contribution is -2.39. The fourth-order valence-electron chi connectivity index (χ4n) is 1.64. The molecule has 1 aromatic rings. The van der Waals surface area contributed by atoms with Crippen LogP contribution in [0.1, 0.15) is 33.1 Å². The summed E-state index contributed by atoms with van der Waals surface area (Å²) in [5.41, 5.74) is 6.04. The lowest BCUT2D eigenvalue weighted by atomic mass is 9.91. The minimum atomic E-state index is -0.428. The van der Waals surface area contributed by atoms with Crippen molar-refractivity contribution in [2.24, 2.45) is 5.73 Å². The average molecular weight is 289 g/mol. The lowest BCUT2D eigenvalue weighted by Gasteiger charge is -2.26. The summed E-state index contributed by atoms with van der Waals surface area (Å²) in [5.74, 6) is 0.634. The number of halogens is 1. The van der Waals surface area contributed by atoms with Gasteiger partial charge in [-0.1, -0.05) is 13.8 Å². The van der Waals surface area contributed by atoms with E-state index >= 15 is 0 Å². The number of rotatable bonds is 7. The van der Waals surface area contributed by atoms with Crippen LogP contribution in [0.15, 0.2) is 24.3 Å². The number of hydrogen-bond donors (Lipinski definition) is 1. The van der Waals surface area contributed by atoms with Crippen LogP contribution in [0.4, 0.5) is 5.69 Å². The molecule has 0 atom stereocenters. The summed E-state index contributed by atoms with van der Waals surface area (Å²) in [6.07, 6.45) is 2.59. The largest absolute Gasteiger partial charge is 0.494 e. The third-order valence-electron chi connectivity index (χ3n) is 3.32. The van der Waals surface area contributed by atoms with E-state index in [2.05, 4.69) is 13.8 Å². The van der Waals surface area contributed by atoms with E-state index in [4.69, 9.17) is 10.5 Å². The first-order valence-electron chi connectivity index (χ1n) is 6.17. The highest BCUT2D eigenvalue weighted by atomic mass is 35.5. The van der Waals surface area contributed by atoms with E-state index in [-0.39, 0.29) is 23.6 Å². The topological polar surface area (TPSA) is 78.4 Å². The standard InChI is InChI=1S/C13H20N2O3.ClH/c1-3-13(14,4-2)9-10-18-12-7-5-11(6-8-12)15(16)17;/h5-8H,3-4,9-10,14H2,1-2H3;1H. The maximum atomic E-state index is 10.5. The smallest absolute Gasteiger partial charge is 0.269 e. The molecule has 5 nitrogen and oxygen atoms in total. The second-order valence-corrected chi connectivity index (χ2v) is 4.42. The molecule has 0 fully saturated rings. The van der Waals surface area contributed by atoms with Gasteiger partial charge >= 0.3 is 0 Å². The van der Waals surface area contributed by atoms with Crippen molar-refractivity contribution in [3.63, 3.8) is 0 Å². The fourth-order valence-corrected chi connectivity index (χ4v) is 1.64. The van der Waals surface area contributed by atoms with Gasteiger partial charge in [-0.05, 0) is 31.4 Å². The summed E-state index contributed by atoms with van der Waals surface area (Å²) in [5, 5.41) is 10.5. The van der Waals surface area contributed by atoms with Crippen molar-refractivity contribution < 1.29 is 9.66 Å². The molecule has 6 heteroatoms. The van der Waals surface area contributed by atoms with Crippen LogP contribution in [-0.2, 0) is 0 Å². The van der Waals surface area contributed by atoms with Gasteiger partial charge in [0.2, 0.25) is 0 Å². The first-order valence-corrected chi connectivity index (χ1v) is 6.17. The molecule has 1 rings (SSSR count). The van der Waals surface area contributed by atoms with Crippen LogP contribution >= 0.6 is 12.4 Å². The van der Waals surface area contributed by atoms with Crippen molar-refractivity contribution in [2.75, 3.05) is 6.61 Å². The molecule has 0 aliphatic carbocycles. The molecule has 0 spiro atoms. The molecule has 0 radical (unpaired) electrons. The lowest BCUT2D eigenvalue weighted by molar-refractivity contribution is -0.384. The highest BCUT2D eigenvalue weighted by Gasteiger charge is 2.19. The summed E-state index contributed by atoms with van der Waals surface area (Å²) in [6, 6.07) is 6.08. The Hall–Kier alpha value is -1.33. The van der Waals surface area contributed by atoms with Gasteiger partial charge in [-0.25, -0.2) is 0 Å². The van der Waals surface area contributed by atoms with Gasteiger partial charge in [-0.3, -0.25) is 10.1 Å². The monoisotopic (exact) mass is 288 g/mol. The molecule has 19 heavy (non-hydrogen) atoms. The van der Waals surface area contributed by atoms with Crippen LogP contribution in [0.3, 0.4) is 0 Å². The zero-order chi connectivity index (χ0) is 13.6. The molecule has 0 aromatic heterocycles. The van der Waals surface area contributed by atoms with Crippen LogP contribution < -0.4 is 10.5 Å². The SMILES string of the molecule is CCC(N)(CC)CCOc1ccc([N+](=O)[O-])cc1.Cl. The van der Waals surface area contributed by atoms with E-state index in [1.54, 1.807) is 12.1 Å². The van der Waals surface area contributed by atoms with Crippen LogP contribution in [0.25, 0.3) is 0 Å². The maximum Gasteiger partial charge on any atom is 0.269 e. The number of nitrogens with two attached hydrogens (primary N) is 1. The summed E-state index contributed by atoms with van der Waals surface area (Å²) in [6.45, 7) is 4.65. The Kier molecular flexibility index (Phi) is 7.41. The van der Waals surface area contributed by atoms with E-state index < -0.39 is 4.92 Å². The van der Waals surface area contributed by atoms with Crippen molar-refractivity contribution in [3.05, 3.63) is 34.4 Å². The minimum absolute atomic E-state index is 0. The Morgan fingerprint density at radius 2 is 1.79 bits per heavy atom. The van der Waals surface area contributed by atoms with Gasteiger partial charge in [-0.2, -0.15) is 0 Å². The van der Waals surface area contributed by atoms with Gasteiger partial charge in [0.25, 0.3) is 5.69 Å². The van der Waals surface area contributed by atoms with Gasteiger partial charge in [0.05, 0.1) is 11.5 Å². The number of benzene rings is 1. The Balaban J connectivity index is 0.00000324. The Labute approximate surface area is 119 Å². The Bertz CT molecular complexity index is 391.